The lowest BCUT2D eigenvalue weighted by molar-refractivity contribution is 0.516. The minimum absolute atomic E-state index is 0.388. The Labute approximate surface area is 72.7 Å². The molecule has 0 fully saturated rings. The fourth-order valence-electron chi connectivity index (χ4n) is 1.01. The van der Waals surface area contributed by atoms with Gasteiger partial charge in [-0.25, -0.2) is 0 Å². The van der Waals surface area contributed by atoms with E-state index in [0.29, 0.717) is 0 Å². The van der Waals surface area contributed by atoms with Gasteiger partial charge in [0, 0.05) is 5.92 Å². The second kappa shape index (κ2) is 4.05. The molecular formula is C11H12F. The lowest BCUT2D eigenvalue weighted by atomic mass is 10.0. The van der Waals surface area contributed by atoms with Crippen molar-refractivity contribution in [3.8, 4) is 0 Å². The van der Waals surface area contributed by atoms with Crippen LogP contribution in [0.2, 0.25) is 0 Å². The Morgan fingerprint density at radius 2 is 2.33 bits per heavy atom. The fourth-order valence-corrected chi connectivity index (χ4v) is 1.01. The topological polar surface area (TPSA) is 0 Å². The summed E-state index contributed by atoms with van der Waals surface area (Å²) in [6, 6.07) is 7.69. The largest absolute Gasteiger partial charge is 0.250 e. The van der Waals surface area contributed by atoms with Gasteiger partial charge in [0.15, 0.2) is 0 Å². The third kappa shape index (κ3) is 1.94. The highest BCUT2D eigenvalue weighted by molar-refractivity contribution is 5.50. The highest BCUT2D eigenvalue weighted by Gasteiger charge is 2.04. The smallest absolute Gasteiger partial charge is 0.0997 e. The Morgan fingerprint density at radius 1 is 1.58 bits per heavy atom. The van der Waals surface area contributed by atoms with Gasteiger partial charge in [-0.1, -0.05) is 43.8 Å². The molecule has 0 bridgehead atoms. The second-order valence-electron chi connectivity index (χ2n) is 2.74. The van der Waals surface area contributed by atoms with Gasteiger partial charge in [-0.15, -0.1) is 0 Å². The molecule has 0 heterocycles. The highest BCUT2D eigenvalue weighted by Crippen LogP contribution is 2.16. The van der Waals surface area contributed by atoms with Gasteiger partial charge >= 0.3 is 0 Å². The van der Waals surface area contributed by atoms with Crippen molar-refractivity contribution >= 4 is 6.08 Å². The molecule has 0 amide bonds. The molecule has 1 heteroatoms. The van der Waals surface area contributed by atoms with Gasteiger partial charge in [0.2, 0.25) is 0 Å². The van der Waals surface area contributed by atoms with Crippen LogP contribution in [0.1, 0.15) is 18.1 Å². The maximum atomic E-state index is 12.2. The second-order valence-corrected chi connectivity index (χ2v) is 2.74. The van der Waals surface area contributed by atoms with Crippen molar-refractivity contribution in [1.82, 2.24) is 0 Å². The van der Waals surface area contributed by atoms with Gasteiger partial charge in [0.05, 0.1) is 6.67 Å². The first kappa shape index (κ1) is 8.98. The summed E-state index contributed by atoms with van der Waals surface area (Å²) in [4.78, 5) is 0. The van der Waals surface area contributed by atoms with E-state index < -0.39 is 0 Å². The van der Waals surface area contributed by atoms with E-state index in [1.54, 1.807) is 13.0 Å². The van der Waals surface area contributed by atoms with Crippen molar-refractivity contribution < 1.29 is 4.39 Å². The molecule has 12 heavy (non-hydrogen) atoms. The maximum Gasteiger partial charge on any atom is 0.0997 e. The number of rotatable bonds is 3. The van der Waals surface area contributed by atoms with E-state index in [0.717, 1.165) is 17.0 Å². The molecule has 0 aliphatic carbocycles. The Morgan fingerprint density at radius 3 is 2.92 bits per heavy atom. The van der Waals surface area contributed by atoms with Gasteiger partial charge in [-0.3, -0.25) is 4.39 Å². The van der Waals surface area contributed by atoms with Crippen molar-refractivity contribution in [2.75, 3.05) is 6.67 Å². The zero-order valence-electron chi connectivity index (χ0n) is 7.18. The summed E-state index contributed by atoms with van der Waals surface area (Å²) in [5.41, 5.74) is 1.98. The Hall–Kier alpha value is -1.11. The van der Waals surface area contributed by atoms with Crippen LogP contribution in [0.4, 0.5) is 4.39 Å². The minimum Gasteiger partial charge on any atom is -0.250 e. The van der Waals surface area contributed by atoms with Gasteiger partial charge in [-0.2, -0.15) is 0 Å². The number of halogens is 1. The molecule has 1 radical (unpaired) electrons. The molecule has 0 unspecified atom stereocenters. The monoisotopic (exact) mass is 163 g/mol. The SMILES string of the molecule is C=Cc1cccc([C](C)CF)c1. The number of alkyl halides is 1. The summed E-state index contributed by atoms with van der Waals surface area (Å²) < 4.78 is 12.2. The molecule has 1 aromatic rings. The quantitative estimate of drug-likeness (QED) is 0.641. The molecular weight excluding hydrogens is 151 g/mol. The first-order chi connectivity index (χ1) is 5.77. The summed E-state index contributed by atoms with van der Waals surface area (Å²) in [7, 11) is 0. The number of hydrogen-bond acceptors (Lipinski definition) is 0. The predicted octanol–water partition coefficient (Wildman–Crippen LogP) is 3.24. The summed E-state index contributed by atoms with van der Waals surface area (Å²) >= 11 is 0. The summed E-state index contributed by atoms with van der Waals surface area (Å²) in [5, 5.41) is 0. The van der Waals surface area contributed by atoms with Crippen LogP contribution < -0.4 is 0 Å². The van der Waals surface area contributed by atoms with E-state index in [1.807, 2.05) is 24.3 Å². The van der Waals surface area contributed by atoms with Crippen LogP contribution in [-0.4, -0.2) is 6.67 Å². The van der Waals surface area contributed by atoms with Crippen molar-refractivity contribution in [3.63, 3.8) is 0 Å². The summed E-state index contributed by atoms with van der Waals surface area (Å²) in [5.74, 6) is 0.763. The fraction of sp³-hybridized carbons (Fsp3) is 0.182. The van der Waals surface area contributed by atoms with Crippen molar-refractivity contribution in [2.45, 2.75) is 6.92 Å². The van der Waals surface area contributed by atoms with E-state index in [9.17, 15) is 4.39 Å². The van der Waals surface area contributed by atoms with Crippen LogP contribution in [-0.2, 0) is 0 Å². The van der Waals surface area contributed by atoms with Crippen molar-refractivity contribution in [2.24, 2.45) is 0 Å². The molecule has 0 saturated heterocycles. The molecule has 0 atom stereocenters. The molecule has 0 nitrogen and oxygen atoms in total. The Bertz CT molecular complexity index is 265. The zero-order valence-corrected chi connectivity index (χ0v) is 7.18. The average molecular weight is 163 g/mol. The predicted molar refractivity (Wildman–Crippen MR) is 50.5 cm³/mol. The molecule has 63 valence electrons. The van der Waals surface area contributed by atoms with Crippen LogP contribution in [0, 0.1) is 5.92 Å². The summed E-state index contributed by atoms with van der Waals surface area (Å²) in [6.45, 7) is 5.06. The highest BCUT2D eigenvalue weighted by atomic mass is 19.1. The number of hydrogen-bond donors (Lipinski definition) is 0. The third-order valence-corrected chi connectivity index (χ3v) is 1.82. The van der Waals surface area contributed by atoms with E-state index in [-0.39, 0.29) is 6.67 Å². The normalized spacial score (nSPS) is 10.2. The average Bonchev–Trinajstić information content (AvgIpc) is 2.17. The molecule has 0 aliphatic rings. The van der Waals surface area contributed by atoms with Crippen LogP contribution in [0.5, 0.6) is 0 Å². The lowest BCUT2D eigenvalue weighted by Crippen LogP contribution is -1.96. The van der Waals surface area contributed by atoms with Gasteiger partial charge in [-0.05, 0) is 11.1 Å². The van der Waals surface area contributed by atoms with E-state index in [4.69, 9.17) is 0 Å². The molecule has 0 aromatic heterocycles. The van der Waals surface area contributed by atoms with Crippen LogP contribution in [0.3, 0.4) is 0 Å². The molecule has 0 N–H and O–H groups in total. The van der Waals surface area contributed by atoms with Gasteiger partial charge in [0.25, 0.3) is 0 Å². The first-order valence-electron chi connectivity index (χ1n) is 3.89. The minimum atomic E-state index is -0.388. The molecule has 1 aromatic carbocycles. The zero-order chi connectivity index (χ0) is 8.97. The van der Waals surface area contributed by atoms with E-state index in [1.165, 1.54) is 0 Å². The standard InChI is InChI=1S/C11H12F/c1-3-10-5-4-6-11(7-10)9(2)8-12/h3-7H,1,8H2,2H3. The van der Waals surface area contributed by atoms with Gasteiger partial charge in [0.1, 0.15) is 0 Å². The Balaban J connectivity index is 2.93. The maximum absolute atomic E-state index is 12.2. The van der Waals surface area contributed by atoms with Crippen LogP contribution >= 0.6 is 0 Å². The molecule has 0 saturated carbocycles. The summed E-state index contributed by atoms with van der Waals surface area (Å²) in [6.07, 6.45) is 1.76. The number of benzene rings is 1. The first-order valence-corrected chi connectivity index (χ1v) is 3.89. The van der Waals surface area contributed by atoms with Crippen molar-refractivity contribution in [1.29, 1.82) is 0 Å². The van der Waals surface area contributed by atoms with E-state index in [2.05, 4.69) is 6.58 Å². The van der Waals surface area contributed by atoms with Gasteiger partial charge < -0.3 is 0 Å². The third-order valence-electron chi connectivity index (χ3n) is 1.82. The lowest BCUT2D eigenvalue weighted by Gasteiger charge is -2.06. The Kier molecular flexibility index (Phi) is 3.03. The molecule has 0 aliphatic heterocycles. The van der Waals surface area contributed by atoms with Crippen LogP contribution in [0.25, 0.3) is 6.08 Å². The van der Waals surface area contributed by atoms with E-state index >= 15 is 0 Å². The van der Waals surface area contributed by atoms with Crippen molar-refractivity contribution in [3.05, 3.63) is 47.9 Å². The molecule has 1 rings (SSSR count). The molecule has 0 spiro atoms. The van der Waals surface area contributed by atoms with Crippen LogP contribution in [0.15, 0.2) is 30.8 Å².